The quantitative estimate of drug-likeness (QED) is 0.690. The van der Waals surface area contributed by atoms with Gasteiger partial charge in [0.2, 0.25) is 0 Å². The summed E-state index contributed by atoms with van der Waals surface area (Å²) in [6, 6.07) is 0. The molecule has 0 spiro atoms. The maximum atomic E-state index is 12.1. The Morgan fingerprint density at radius 2 is 1.90 bits per heavy atom. The average molecular weight is 293 g/mol. The first kappa shape index (κ1) is 16.1. The topological polar surface area (TPSA) is 21.3 Å². The molecule has 1 N–H and O–H groups in total. The van der Waals surface area contributed by atoms with Gasteiger partial charge in [-0.25, -0.2) is 0 Å². The molecule has 0 radical (unpaired) electrons. The van der Waals surface area contributed by atoms with Gasteiger partial charge in [-0.2, -0.15) is 13.2 Å². The van der Waals surface area contributed by atoms with Crippen molar-refractivity contribution in [1.82, 2.24) is 5.32 Å². The van der Waals surface area contributed by atoms with Gasteiger partial charge >= 0.3 is 6.18 Å². The predicted octanol–water partition coefficient (Wildman–Crippen LogP) is 3.62. The maximum absolute atomic E-state index is 12.1. The van der Waals surface area contributed by atoms with Crippen molar-refractivity contribution in [2.45, 2.75) is 45.7 Å². The molecule has 0 aromatic heterocycles. The lowest BCUT2D eigenvalue weighted by Gasteiger charge is -2.32. The molecule has 2 unspecified atom stereocenters. The number of halogens is 3. The van der Waals surface area contributed by atoms with E-state index < -0.39 is 12.8 Å². The van der Waals surface area contributed by atoms with Gasteiger partial charge in [-0.05, 0) is 55.4 Å². The number of rotatable bonds is 8. The lowest BCUT2D eigenvalue weighted by molar-refractivity contribution is -0.175. The Kier molecular flexibility index (Phi) is 5.00. The Labute approximate surface area is 119 Å². The second-order valence-corrected chi connectivity index (χ2v) is 7.11. The van der Waals surface area contributed by atoms with Gasteiger partial charge in [-0.1, -0.05) is 13.8 Å². The number of ether oxygens (including phenoxy) is 1. The van der Waals surface area contributed by atoms with E-state index in [0.717, 1.165) is 44.2 Å². The van der Waals surface area contributed by atoms with Crippen LogP contribution < -0.4 is 5.32 Å². The Morgan fingerprint density at radius 1 is 1.25 bits per heavy atom. The highest BCUT2D eigenvalue weighted by Gasteiger charge is 2.53. The summed E-state index contributed by atoms with van der Waals surface area (Å²) < 4.78 is 41.0. The van der Waals surface area contributed by atoms with Crippen LogP contribution in [0.25, 0.3) is 0 Å². The normalized spacial score (nSPS) is 32.7. The van der Waals surface area contributed by atoms with Crippen molar-refractivity contribution in [1.29, 1.82) is 0 Å². The van der Waals surface area contributed by atoms with E-state index in [2.05, 4.69) is 19.2 Å². The lowest BCUT2D eigenvalue weighted by Crippen LogP contribution is -2.36. The van der Waals surface area contributed by atoms with Crippen LogP contribution in [0.1, 0.15) is 39.5 Å². The fourth-order valence-corrected chi connectivity index (χ4v) is 3.55. The summed E-state index contributed by atoms with van der Waals surface area (Å²) in [5, 5.41) is 3.49. The van der Waals surface area contributed by atoms with Crippen LogP contribution in [0.2, 0.25) is 0 Å². The Hall–Kier alpha value is -0.290. The van der Waals surface area contributed by atoms with Crippen LogP contribution in [-0.4, -0.2) is 32.5 Å². The van der Waals surface area contributed by atoms with E-state index in [1.54, 1.807) is 0 Å². The van der Waals surface area contributed by atoms with Gasteiger partial charge in [-0.3, -0.25) is 0 Å². The van der Waals surface area contributed by atoms with Gasteiger partial charge in [0.05, 0.1) is 0 Å². The van der Waals surface area contributed by atoms with E-state index in [1.165, 1.54) is 6.42 Å². The highest BCUT2D eigenvalue weighted by Crippen LogP contribution is 2.60. The summed E-state index contributed by atoms with van der Waals surface area (Å²) >= 11 is 0. The van der Waals surface area contributed by atoms with Crippen molar-refractivity contribution >= 4 is 0 Å². The summed E-state index contributed by atoms with van der Waals surface area (Å²) in [6.07, 6.45) is 0.202. The van der Waals surface area contributed by atoms with Crippen LogP contribution in [0.15, 0.2) is 0 Å². The zero-order valence-electron chi connectivity index (χ0n) is 12.4. The standard InChI is InChI=1S/C15H26F3NO/c1-11(2)8-19-9-14(6-12-5-13(12)7-14)3-4-20-10-15(16,17)18/h11-13,19H,3-10H2,1-2H3. The van der Waals surface area contributed by atoms with Crippen LogP contribution in [0.5, 0.6) is 0 Å². The van der Waals surface area contributed by atoms with Crippen LogP contribution >= 0.6 is 0 Å². The summed E-state index contributed by atoms with van der Waals surface area (Å²) in [7, 11) is 0. The molecule has 2 saturated carbocycles. The zero-order chi connectivity index (χ0) is 14.8. The molecule has 2 fully saturated rings. The van der Waals surface area contributed by atoms with Gasteiger partial charge in [-0.15, -0.1) is 0 Å². The van der Waals surface area contributed by atoms with Crippen LogP contribution in [0, 0.1) is 23.2 Å². The van der Waals surface area contributed by atoms with E-state index >= 15 is 0 Å². The molecule has 20 heavy (non-hydrogen) atoms. The molecule has 0 heterocycles. The molecule has 5 heteroatoms. The van der Waals surface area contributed by atoms with Gasteiger partial charge in [0.15, 0.2) is 0 Å². The molecule has 2 aliphatic carbocycles. The summed E-state index contributed by atoms with van der Waals surface area (Å²) in [4.78, 5) is 0. The molecule has 0 bridgehead atoms. The molecule has 2 atom stereocenters. The first-order valence-corrected chi connectivity index (χ1v) is 7.65. The summed E-state index contributed by atoms with van der Waals surface area (Å²) in [5.41, 5.74) is 0.175. The number of alkyl halides is 3. The third-order valence-corrected chi connectivity index (χ3v) is 4.55. The first-order chi connectivity index (χ1) is 9.30. The Morgan fingerprint density at radius 3 is 2.45 bits per heavy atom. The monoisotopic (exact) mass is 293 g/mol. The van der Waals surface area contributed by atoms with Crippen molar-refractivity contribution in [2.75, 3.05) is 26.3 Å². The minimum Gasteiger partial charge on any atom is -0.372 e. The molecule has 0 aromatic carbocycles. The number of nitrogens with one attached hydrogen (secondary N) is 1. The van der Waals surface area contributed by atoms with Crippen molar-refractivity contribution < 1.29 is 17.9 Å². The zero-order valence-corrected chi connectivity index (χ0v) is 12.4. The SMILES string of the molecule is CC(C)CNCC1(CCOCC(F)(F)F)CC2CC2C1. The first-order valence-electron chi connectivity index (χ1n) is 7.65. The molecule has 0 amide bonds. The average Bonchev–Trinajstić information content (AvgIpc) is 2.92. The van der Waals surface area contributed by atoms with Crippen molar-refractivity contribution in [3.63, 3.8) is 0 Å². The smallest absolute Gasteiger partial charge is 0.372 e. The van der Waals surface area contributed by atoms with Crippen LogP contribution in [0.3, 0.4) is 0 Å². The van der Waals surface area contributed by atoms with E-state index in [4.69, 9.17) is 4.74 Å². The number of fused-ring (bicyclic) bond motifs is 1. The largest absolute Gasteiger partial charge is 0.411 e. The number of hydrogen-bond acceptors (Lipinski definition) is 2. The maximum Gasteiger partial charge on any atom is 0.411 e. The molecular formula is C15H26F3NO. The molecule has 2 nitrogen and oxygen atoms in total. The summed E-state index contributed by atoms with van der Waals surface area (Å²) in [6.45, 7) is 5.34. The van der Waals surface area contributed by atoms with Crippen molar-refractivity contribution in [2.24, 2.45) is 23.2 Å². The van der Waals surface area contributed by atoms with Gasteiger partial charge in [0, 0.05) is 13.2 Å². The molecule has 2 aliphatic rings. The van der Waals surface area contributed by atoms with E-state index in [9.17, 15) is 13.2 Å². The third kappa shape index (κ3) is 4.92. The third-order valence-electron chi connectivity index (χ3n) is 4.55. The molecular weight excluding hydrogens is 267 g/mol. The fourth-order valence-electron chi connectivity index (χ4n) is 3.55. The molecule has 0 aliphatic heterocycles. The highest BCUT2D eigenvalue weighted by atomic mass is 19.4. The molecule has 0 saturated heterocycles. The second kappa shape index (κ2) is 6.22. The van der Waals surface area contributed by atoms with Crippen LogP contribution in [-0.2, 0) is 4.74 Å². The van der Waals surface area contributed by atoms with Crippen molar-refractivity contribution in [3.8, 4) is 0 Å². The molecule has 118 valence electrons. The highest BCUT2D eigenvalue weighted by molar-refractivity contribution is 5.04. The van der Waals surface area contributed by atoms with Crippen LogP contribution in [0.4, 0.5) is 13.2 Å². The molecule has 2 rings (SSSR count). The molecule has 0 aromatic rings. The fraction of sp³-hybridized carbons (Fsp3) is 1.00. The lowest BCUT2D eigenvalue weighted by atomic mass is 9.80. The van der Waals surface area contributed by atoms with Gasteiger partial charge in [0.25, 0.3) is 0 Å². The Bertz CT molecular complexity index is 307. The van der Waals surface area contributed by atoms with Gasteiger partial charge in [0.1, 0.15) is 6.61 Å². The Balaban J connectivity index is 1.73. The van der Waals surface area contributed by atoms with E-state index in [1.807, 2.05) is 0 Å². The van der Waals surface area contributed by atoms with Gasteiger partial charge < -0.3 is 10.1 Å². The minimum absolute atomic E-state index is 0.175. The summed E-state index contributed by atoms with van der Waals surface area (Å²) in [5.74, 6) is 2.27. The van der Waals surface area contributed by atoms with E-state index in [-0.39, 0.29) is 12.0 Å². The predicted molar refractivity (Wildman–Crippen MR) is 72.5 cm³/mol. The minimum atomic E-state index is -4.21. The second-order valence-electron chi connectivity index (χ2n) is 7.11. The van der Waals surface area contributed by atoms with Crippen molar-refractivity contribution in [3.05, 3.63) is 0 Å². The van der Waals surface area contributed by atoms with E-state index in [0.29, 0.717) is 5.92 Å². The number of hydrogen-bond donors (Lipinski definition) is 1.